The Morgan fingerprint density at radius 1 is 1.13 bits per heavy atom. The number of hydrogen-bond acceptors (Lipinski definition) is 6. The molecule has 0 unspecified atom stereocenters. The van der Waals surface area contributed by atoms with Crippen LogP contribution in [0.5, 0.6) is 11.5 Å². The van der Waals surface area contributed by atoms with E-state index in [1.54, 1.807) is 42.5 Å². The second kappa shape index (κ2) is 9.43. The lowest BCUT2D eigenvalue weighted by Gasteiger charge is -2.18. The molecule has 0 spiro atoms. The molecule has 0 aliphatic carbocycles. The molecule has 4 rings (SSSR count). The molecule has 1 N–H and O–H groups in total. The van der Waals surface area contributed by atoms with E-state index in [1.807, 2.05) is 0 Å². The van der Waals surface area contributed by atoms with E-state index in [1.165, 1.54) is 12.4 Å². The SMILES string of the molecule is O=C(COc1ccc(Cl)cc1-c1ccno1)N/N=C\C1=C(Cl)c2cc(Cl)ccc2OC1. The van der Waals surface area contributed by atoms with Gasteiger partial charge in [-0.1, -0.05) is 40.0 Å². The van der Waals surface area contributed by atoms with Crippen LogP contribution in [-0.4, -0.2) is 30.5 Å². The van der Waals surface area contributed by atoms with Crippen LogP contribution in [0.15, 0.2) is 63.9 Å². The zero-order chi connectivity index (χ0) is 21.8. The summed E-state index contributed by atoms with van der Waals surface area (Å²) in [6.07, 6.45) is 2.93. The van der Waals surface area contributed by atoms with Gasteiger partial charge in [-0.3, -0.25) is 4.79 Å². The maximum atomic E-state index is 12.1. The molecular weight excluding hydrogens is 465 g/mol. The van der Waals surface area contributed by atoms with Crippen LogP contribution in [0.4, 0.5) is 0 Å². The first-order valence-corrected chi connectivity index (χ1v) is 10.1. The van der Waals surface area contributed by atoms with E-state index in [0.717, 1.165) is 0 Å². The predicted octanol–water partition coefficient (Wildman–Crippen LogP) is 5.17. The third kappa shape index (κ3) is 5.02. The van der Waals surface area contributed by atoms with Crippen LogP contribution >= 0.6 is 34.8 Å². The van der Waals surface area contributed by atoms with Crippen molar-refractivity contribution in [1.29, 1.82) is 0 Å². The van der Waals surface area contributed by atoms with Crippen LogP contribution in [-0.2, 0) is 4.79 Å². The van der Waals surface area contributed by atoms with E-state index in [9.17, 15) is 4.79 Å². The summed E-state index contributed by atoms with van der Waals surface area (Å²) >= 11 is 18.5. The summed E-state index contributed by atoms with van der Waals surface area (Å²) in [5, 5.41) is 9.09. The molecule has 0 saturated carbocycles. The number of fused-ring (bicyclic) bond motifs is 1. The van der Waals surface area contributed by atoms with Gasteiger partial charge < -0.3 is 14.0 Å². The number of aromatic nitrogens is 1. The van der Waals surface area contributed by atoms with Crippen molar-refractivity contribution >= 4 is 52.0 Å². The highest BCUT2D eigenvalue weighted by atomic mass is 35.5. The lowest BCUT2D eigenvalue weighted by Crippen LogP contribution is -2.25. The first-order chi connectivity index (χ1) is 15.0. The zero-order valence-electron chi connectivity index (χ0n) is 15.8. The summed E-state index contributed by atoms with van der Waals surface area (Å²) in [4.78, 5) is 12.1. The topological polar surface area (TPSA) is 86.0 Å². The van der Waals surface area contributed by atoms with Crippen LogP contribution in [0.3, 0.4) is 0 Å². The first-order valence-electron chi connectivity index (χ1n) is 8.98. The minimum Gasteiger partial charge on any atom is -0.488 e. The summed E-state index contributed by atoms with van der Waals surface area (Å²) in [5.74, 6) is 1.05. The number of halogens is 3. The van der Waals surface area contributed by atoms with Gasteiger partial charge in [0.1, 0.15) is 18.1 Å². The van der Waals surface area contributed by atoms with Gasteiger partial charge in [0, 0.05) is 27.2 Å². The van der Waals surface area contributed by atoms with Gasteiger partial charge >= 0.3 is 0 Å². The van der Waals surface area contributed by atoms with Crippen molar-refractivity contribution in [3.8, 4) is 22.8 Å². The smallest absolute Gasteiger partial charge is 0.277 e. The lowest BCUT2D eigenvalue weighted by molar-refractivity contribution is -0.123. The summed E-state index contributed by atoms with van der Waals surface area (Å²) in [7, 11) is 0. The fraction of sp³-hybridized carbons (Fsp3) is 0.0952. The quantitative estimate of drug-likeness (QED) is 0.390. The molecule has 7 nitrogen and oxygen atoms in total. The van der Waals surface area contributed by atoms with E-state index in [-0.39, 0.29) is 13.2 Å². The van der Waals surface area contributed by atoms with Gasteiger partial charge in [-0.25, -0.2) is 5.43 Å². The van der Waals surface area contributed by atoms with Crippen LogP contribution in [0.1, 0.15) is 5.56 Å². The molecule has 31 heavy (non-hydrogen) atoms. The third-order valence-corrected chi connectivity index (χ3v) is 5.17. The van der Waals surface area contributed by atoms with Crippen LogP contribution < -0.4 is 14.9 Å². The molecule has 0 fully saturated rings. The molecule has 1 aromatic heterocycles. The maximum absolute atomic E-state index is 12.1. The minimum atomic E-state index is -0.466. The number of rotatable bonds is 6. The number of hydrogen-bond donors (Lipinski definition) is 1. The second-order valence-corrected chi connectivity index (χ2v) is 7.62. The third-order valence-electron chi connectivity index (χ3n) is 4.26. The normalized spacial score (nSPS) is 13.1. The highest BCUT2D eigenvalue weighted by molar-refractivity contribution is 6.51. The van der Waals surface area contributed by atoms with Crippen molar-refractivity contribution in [2.24, 2.45) is 5.10 Å². The molecular formula is C21H14Cl3N3O4. The molecule has 1 aliphatic heterocycles. The highest BCUT2D eigenvalue weighted by Gasteiger charge is 2.18. The van der Waals surface area contributed by atoms with E-state index in [2.05, 4.69) is 15.7 Å². The van der Waals surface area contributed by atoms with E-state index < -0.39 is 5.91 Å². The average Bonchev–Trinajstić information content (AvgIpc) is 3.29. The molecule has 3 aromatic rings. The Labute approximate surface area is 192 Å². The molecule has 158 valence electrons. The first kappa shape index (κ1) is 21.2. The van der Waals surface area contributed by atoms with Gasteiger partial charge in [-0.15, -0.1) is 0 Å². The predicted molar refractivity (Wildman–Crippen MR) is 119 cm³/mol. The zero-order valence-corrected chi connectivity index (χ0v) is 18.0. The lowest BCUT2D eigenvalue weighted by atomic mass is 10.1. The van der Waals surface area contributed by atoms with Crippen molar-refractivity contribution in [3.05, 3.63) is 69.8 Å². The number of nitrogens with one attached hydrogen (secondary N) is 1. The Morgan fingerprint density at radius 2 is 1.90 bits per heavy atom. The Kier molecular flexibility index (Phi) is 6.46. The van der Waals surface area contributed by atoms with Crippen LogP contribution in [0.25, 0.3) is 16.4 Å². The summed E-state index contributed by atoms with van der Waals surface area (Å²) in [6.45, 7) is -0.0590. The van der Waals surface area contributed by atoms with Crippen LogP contribution in [0.2, 0.25) is 10.0 Å². The molecule has 10 heteroatoms. The number of nitrogens with zero attached hydrogens (tertiary/aromatic N) is 2. The number of carbonyl (C=O) groups excluding carboxylic acids is 1. The fourth-order valence-corrected chi connectivity index (χ4v) is 3.41. The maximum Gasteiger partial charge on any atom is 0.277 e. The van der Waals surface area contributed by atoms with Crippen LogP contribution in [0, 0.1) is 0 Å². The van der Waals surface area contributed by atoms with E-state index in [4.69, 9.17) is 48.8 Å². The molecule has 0 bridgehead atoms. The highest BCUT2D eigenvalue weighted by Crippen LogP contribution is 2.36. The summed E-state index contributed by atoms with van der Waals surface area (Å²) < 4.78 is 16.4. The number of carbonyl (C=O) groups is 1. The minimum absolute atomic E-state index is 0.217. The van der Waals surface area contributed by atoms with Crippen molar-refractivity contribution in [3.63, 3.8) is 0 Å². The standard InChI is InChI=1S/C21H14Cl3N3O4/c22-13-1-3-17(15(7-13)19-5-6-26-31-19)30-11-20(28)27-25-9-12-10-29-18-4-2-14(23)8-16(18)21(12)24/h1-9H,10-11H2,(H,27,28)/b25-9-. The Morgan fingerprint density at radius 3 is 2.68 bits per heavy atom. The van der Waals surface area contributed by atoms with Gasteiger partial charge in [0.25, 0.3) is 5.91 Å². The number of amides is 1. The van der Waals surface area contributed by atoms with Gasteiger partial charge in [-0.05, 0) is 36.4 Å². The molecule has 0 saturated heterocycles. The molecule has 1 amide bonds. The van der Waals surface area contributed by atoms with Gasteiger partial charge in [0.05, 0.1) is 23.0 Å². The van der Waals surface area contributed by atoms with Crippen molar-refractivity contribution < 1.29 is 18.8 Å². The van der Waals surface area contributed by atoms with E-state index >= 15 is 0 Å². The van der Waals surface area contributed by atoms with Crippen molar-refractivity contribution in [2.45, 2.75) is 0 Å². The largest absolute Gasteiger partial charge is 0.488 e. The molecule has 0 atom stereocenters. The molecule has 2 aromatic carbocycles. The Balaban J connectivity index is 1.39. The monoisotopic (exact) mass is 477 g/mol. The van der Waals surface area contributed by atoms with Gasteiger partial charge in [-0.2, -0.15) is 5.10 Å². The van der Waals surface area contributed by atoms with E-state index in [0.29, 0.717) is 49.0 Å². The van der Waals surface area contributed by atoms with Crippen molar-refractivity contribution in [2.75, 3.05) is 13.2 Å². The second-order valence-electron chi connectivity index (χ2n) is 6.37. The molecule has 1 aliphatic rings. The number of ether oxygens (including phenoxy) is 2. The number of benzene rings is 2. The Hall–Kier alpha value is -3.00. The van der Waals surface area contributed by atoms with Gasteiger partial charge in [0.2, 0.25) is 0 Å². The van der Waals surface area contributed by atoms with Crippen molar-refractivity contribution in [1.82, 2.24) is 10.6 Å². The molecule has 2 heterocycles. The summed E-state index contributed by atoms with van der Waals surface area (Å²) in [6, 6.07) is 11.8. The van der Waals surface area contributed by atoms with Gasteiger partial charge in [0.15, 0.2) is 12.4 Å². The molecule has 0 radical (unpaired) electrons. The average molecular weight is 479 g/mol. The fourth-order valence-electron chi connectivity index (χ4n) is 2.82. The number of hydrazone groups is 1. The summed E-state index contributed by atoms with van der Waals surface area (Å²) in [5.41, 5.74) is 4.24. The Bertz CT molecular complexity index is 1180.